The van der Waals surface area contributed by atoms with E-state index in [0.29, 0.717) is 12.3 Å². The second-order valence-corrected chi connectivity index (χ2v) is 6.58. The lowest BCUT2D eigenvalue weighted by Crippen LogP contribution is -2.30. The molecule has 0 saturated carbocycles. The second-order valence-electron chi connectivity index (χ2n) is 6.58. The molecule has 0 bridgehead atoms. The van der Waals surface area contributed by atoms with Gasteiger partial charge in [0.05, 0.1) is 12.7 Å². The summed E-state index contributed by atoms with van der Waals surface area (Å²) < 4.78 is 4.84. The Kier molecular flexibility index (Phi) is 6.14. The van der Waals surface area contributed by atoms with E-state index in [-0.39, 0.29) is 24.2 Å². The zero-order valence-corrected chi connectivity index (χ0v) is 13.8. The average molecular weight is 296 g/mol. The summed E-state index contributed by atoms with van der Waals surface area (Å²) in [5.74, 6) is -1.20. The molecule has 0 spiro atoms. The minimum atomic E-state index is -0.795. The summed E-state index contributed by atoms with van der Waals surface area (Å²) >= 11 is 0. The van der Waals surface area contributed by atoms with Crippen molar-refractivity contribution < 1.29 is 19.4 Å². The SMILES string of the molecule is CCOC(=O)[C@H](C)C(=O)C[C@H](O)C[C@@H]1CC=C(C)C1(C)C. The normalized spacial score (nSPS) is 23.3. The van der Waals surface area contributed by atoms with Crippen LogP contribution in [0.2, 0.25) is 0 Å². The molecule has 0 radical (unpaired) electrons. The first-order chi connectivity index (χ1) is 9.70. The number of rotatable bonds is 7. The number of aliphatic hydroxyl groups is 1. The molecular weight excluding hydrogens is 268 g/mol. The van der Waals surface area contributed by atoms with Crippen LogP contribution >= 0.6 is 0 Å². The first-order valence-corrected chi connectivity index (χ1v) is 7.74. The standard InChI is InChI=1S/C17H28O4/c1-6-21-16(20)12(3)15(19)10-14(18)9-13-8-7-11(2)17(13,4)5/h7,12-14,18H,6,8-10H2,1-5H3/t12-,13+,14-/m1/s1. The van der Waals surface area contributed by atoms with Crippen LogP contribution in [0, 0.1) is 17.3 Å². The molecule has 0 aromatic heterocycles. The summed E-state index contributed by atoms with van der Waals surface area (Å²) in [4.78, 5) is 23.5. The highest BCUT2D eigenvalue weighted by atomic mass is 16.5. The lowest BCUT2D eigenvalue weighted by atomic mass is 9.75. The Balaban J connectivity index is 2.49. The van der Waals surface area contributed by atoms with E-state index in [9.17, 15) is 14.7 Å². The Labute approximate surface area is 127 Å². The van der Waals surface area contributed by atoms with Crippen LogP contribution in [-0.4, -0.2) is 29.6 Å². The molecule has 0 fully saturated rings. The summed E-state index contributed by atoms with van der Waals surface area (Å²) in [5.41, 5.74) is 1.41. The highest BCUT2D eigenvalue weighted by Crippen LogP contribution is 2.45. The number of ether oxygens (including phenoxy) is 1. The molecule has 21 heavy (non-hydrogen) atoms. The van der Waals surface area contributed by atoms with Gasteiger partial charge in [-0.25, -0.2) is 0 Å². The maximum absolute atomic E-state index is 12.0. The predicted octanol–water partition coefficient (Wildman–Crippen LogP) is 2.89. The van der Waals surface area contributed by atoms with Gasteiger partial charge in [-0.2, -0.15) is 0 Å². The number of allylic oxidation sites excluding steroid dienone is 2. The molecule has 1 aliphatic carbocycles. The highest BCUT2D eigenvalue weighted by molar-refractivity contribution is 5.98. The third kappa shape index (κ3) is 4.40. The summed E-state index contributed by atoms with van der Waals surface area (Å²) in [6, 6.07) is 0. The van der Waals surface area contributed by atoms with E-state index in [1.54, 1.807) is 6.92 Å². The van der Waals surface area contributed by atoms with Gasteiger partial charge in [0.2, 0.25) is 0 Å². The Morgan fingerprint density at radius 1 is 1.48 bits per heavy atom. The van der Waals surface area contributed by atoms with Crippen LogP contribution in [0.4, 0.5) is 0 Å². The van der Waals surface area contributed by atoms with Crippen molar-refractivity contribution in [1.29, 1.82) is 0 Å². The topological polar surface area (TPSA) is 63.6 Å². The quantitative estimate of drug-likeness (QED) is 0.446. The number of carbonyl (C=O) groups excluding carboxylic acids is 2. The minimum absolute atomic E-state index is 0.0195. The number of hydrogen-bond donors (Lipinski definition) is 1. The Hall–Kier alpha value is -1.16. The molecule has 0 aromatic carbocycles. The zero-order valence-electron chi connectivity index (χ0n) is 13.8. The number of carbonyl (C=O) groups is 2. The van der Waals surface area contributed by atoms with Crippen LogP contribution in [0.15, 0.2) is 11.6 Å². The van der Waals surface area contributed by atoms with E-state index in [1.807, 2.05) is 0 Å². The summed E-state index contributed by atoms with van der Waals surface area (Å²) in [6.45, 7) is 9.97. The van der Waals surface area contributed by atoms with Crippen LogP contribution in [-0.2, 0) is 14.3 Å². The number of Topliss-reactive ketones (excluding diaryl/α,β-unsaturated/α-hetero) is 1. The molecule has 1 aliphatic rings. The fraction of sp³-hybridized carbons (Fsp3) is 0.765. The Morgan fingerprint density at radius 3 is 2.57 bits per heavy atom. The lowest BCUT2D eigenvalue weighted by Gasteiger charge is -2.31. The molecule has 0 heterocycles. The second kappa shape index (κ2) is 7.21. The van der Waals surface area contributed by atoms with Crippen molar-refractivity contribution in [3.63, 3.8) is 0 Å². The van der Waals surface area contributed by atoms with E-state index in [4.69, 9.17) is 4.74 Å². The zero-order chi connectivity index (χ0) is 16.2. The molecule has 120 valence electrons. The molecule has 0 unspecified atom stereocenters. The lowest BCUT2D eigenvalue weighted by molar-refractivity contribution is -0.151. The third-order valence-corrected chi connectivity index (χ3v) is 4.86. The maximum atomic E-state index is 12.0. The van der Waals surface area contributed by atoms with Crippen LogP contribution in [0.25, 0.3) is 0 Å². The van der Waals surface area contributed by atoms with Gasteiger partial charge in [0.15, 0.2) is 0 Å². The largest absolute Gasteiger partial charge is 0.465 e. The van der Waals surface area contributed by atoms with E-state index in [1.165, 1.54) is 12.5 Å². The van der Waals surface area contributed by atoms with Crippen molar-refractivity contribution in [2.45, 2.75) is 60.0 Å². The van der Waals surface area contributed by atoms with E-state index >= 15 is 0 Å². The molecule has 3 atom stereocenters. The first kappa shape index (κ1) is 17.9. The minimum Gasteiger partial charge on any atom is -0.465 e. The molecule has 0 aromatic rings. The van der Waals surface area contributed by atoms with Crippen molar-refractivity contribution in [3.8, 4) is 0 Å². The molecule has 1 rings (SSSR count). The summed E-state index contributed by atoms with van der Waals surface area (Å²) in [6.07, 6.45) is 3.06. The number of hydrogen-bond acceptors (Lipinski definition) is 4. The Bertz CT molecular complexity index is 423. The summed E-state index contributed by atoms with van der Waals surface area (Å²) in [7, 11) is 0. The van der Waals surface area contributed by atoms with Crippen molar-refractivity contribution in [2.24, 2.45) is 17.3 Å². The van der Waals surface area contributed by atoms with Gasteiger partial charge >= 0.3 is 5.97 Å². The number of ketones is 1. The van der Waals surface area contributed by atoms with Crippen molar-refractivity contribution in [2.75, 3.05) is 6.61 Å². The van der Waals surface area contributed by atoms with Crippen LogP contribution < -0.4 is 0 Å². The average Bonchev–Trinajstić information content (AvgIpc) is 2.64. The predicted molar refractivity (Wildman–Crippen MR) is 81.7 cm³/mol. The van der Waals surface area contributed by atoms with Gasteiger partial charge in [-0.15, -0.1) is 0 Å². The fourth-order valence-electron chi connectivity index (χ4n) is 2.81. The van der Waals surface area contributed by atoms with Gasteiger partial charge < -0.3 is 9.84 Å². The molecule has 4 nitrogen and oxygen atoms in total. The van der Waals surface area contributed by atoms with E-state index in [2.05, 4.69) is 26.8 Å². The van der Waals surface area contributed by atoms with Crippen LogP contribution in [0.1, 0.15) is 53.9 Å². The molecular formula is C17H28O4. The Morgan fingerprint density at radius 2 is 2.10 bits per heavy atom. The molecule has 0 aliphatic heterocycles. The third-order valence-electron chi connectivity index (χ3n) is 4.86. The smallest absolute Gasteiger partial charge is 0.316 e. The molecule has 0 saturated heterocycles. The van der Waals surface area contributed by atoms with Gasteiger partial charge in [0.25, 0.3) is 0 Å². The van der Waals surface area contributed by atoms with Crippen LogP contribution in [0.5, 0.6) is 0 Å². The highest BCUT2D eigenvalue weighted by Gasteiger charge is 2.36. The van der Waals surface area contributed by atoms with Gasteiger partial charge in [0.1, 0.15) is 11.7 Å². The fourth-order valence-corrected chi connectivity index (χ4v) is 2.81. The monoisotopic (exact) mass is 296 g/mol. The number of esters is 1. The summed E-state index contributed by atoms with van der Waals surface area (Å²) in [5, 5.41) is 10.2. The van der Waals surface area contributed by atoms with E-state index < -0.39 is 18.0 Å². The van der Waals surface area contributed by atoms with Gasteiger partial charge in [-0.05, 0) is 44.9 Å². The van der Waals surface area contributed by atoms with Gasteiger partial charge in [-0.3, -0.25) is 9.59 Å². The van der Waals surface area contributed by atoms with Crippen molar-refractivity contribution >= 4 is 11.8 Å². The molecule has 1 N–H and O–H groups in total. The molecule has 4 heteroatoms. The van der Waals surface area contributed by atoms with Crippen molar-refractivity contribution in [1.82, 2.24) is 0 Å². The number of aliphatic hydroxyl groups excluding tert-OH is 1. The first-order valence-electron chi connectivity index (χ1n) is 7.74. The van der Waals surface area contributed by atoms with Gasteiger partial charge in [0, 0.05) is 6.42 Å². The van der Waals surface area contributed by atoms with Gasteiger partial charge in [-0.1, -0.05) is 25.5 Å². The molecule has 0 amide bonds. The van der Waals surface area contributed by atoms with Crippen molar-refractivity contribution in [3.05, 3.63) is 11.6 Å². The van der Waals surface area contributed by atoms with Crippen LogP contribution in [0.3, 0.4) is 0 Å². The maximum Gasteiger partial charge on any atom is 0.316 e. The van der Waals surface area contributed by atoms with E-state index in [0.717, 1.165) is 6.42 Å².